The molecule has 5 N–H and O–H groups in total. The molecule has 2 aliphatic rings. The van der Waals surface area contributed by atoms with Gasteiger partial charge in [-0.1, -0.05) is 74.6 Å². The Bertz CT molecular complexity index is 1620. The summed E-state index contributed by atoms with van der Waals surface area (Å²) >= 11 is 0. The predicted octanol–water partition coefficient (Wildman–Crippen LogP) is 4.25. The number of nitrogens with one attached hydrogen (secondary N) is 3. The van der Waals surface area contributed by atoms with Crippen LogP contribution in [0.25, 0.3) is 10.8 Å². The minimum atomic E-state index is -3.72. The number of sulfone groups is 1. The number of H-pyrrole nitrogens is 1. The number of amides is 2. The Kier molecular flexibility index (Phi) is 11.6. The van der Waals surface area contributed by atoms with Crippen molar-refractivity contribution in [3.63, 3.8) is 0 Å². The third-order valence-corrected chi connectivity index (χ3v) is 12.9. The second kappa shape index (κ2) is 15.5. The van der Waals surface area contributed by atoms with E-state index in [1.165, 1.54) is 12.7 Å². The third-order valence-electron chi connectivity index (χ3n) is 10.2. The van der Waals surface area contributed by atoms with E-state index in [0.717, 1.165) is 54.9 Å². The van der Waals surface area contributed by atoms with Crippen LogP contribution in [0.2, 0.25) is 0 Å². The molecule has 11 heteroatoms. The van der Waals surface area contributed by atoms with Crippen molar-refractivity contribution in [3.05, 3.63) is 66.2 Å². The second-order valence-corrected chi connectivity index (χ2v) is 17.7. The first-order valence-electron chi connectivity index (χ1n) is 17.5. The third kappa shape index (κ3) is 9.24. The maximum absolute atomic E-state index is 14.2. The zero-order valence-electron chi connectivity index (χ0n) is 28.4. The van der Waals surface area contributed by atoms with Crippen LogP contribution in [-0.2, 0) is 32.3 Å². The molecule has 2 fully saturated rings. The lowest BCUT2D eigenvalue weighted by molar-refractivity contribution is -0.132. The highest BCUT2D eigenvalue weighted by atomic mass is 32.2. The van der Waals surface area contributed by atoms with Crippen LogP contribution in [-0.4, -0.2) is 75.2 Å². The van der Waals surface area contributed by atoms with Crippen LogP contribution in [0.3, 0.4) is 0 Å². The first kappa shape index (κ1) is 36.0. The molecule has 2 aliphatic carbocycles. The van der Waals surface area contributed by atoms with E-state index in [-0.39, 0.29) is 24.5 Å². The predicted molar refractivity (Wildman–Crippen MR) is 187 cm³/mol. The minimum absolute atomic E-state index is 0.0193. The van der Waals surface area contributed by atoms with Crippen LogP contribution in [0.15, 0.2) is 55.0 Å². The summed E-state index contributed by atoms with van der Waals surface area (Å²) in [6.45, 7) is 4.87. The number of benzene rings is 2. The summed E-state index contributed by atoms with van der Waals surface area (Å²) in [6.07, 6.45) is 8.85. The van der Waals surface area contributed by atoms with Gasteiger partial charge in [0.2, 0.25) is 11.8 Å². The summed E-state index contributed by atoms with van der Waals surface area (Å²) < 4.78 is 25.9. The van der Waals surface area contributed by atoms with E-state index in [0.29, 0.717) is 18.0 Å². The van der Waals surface area contributed by atoms with Crippen LogP contribution < -0.4 is 10.6 Å². The van der Waals surface area contributed by atoms with Crippen molar-refractivity contribution >= 4 is 32.4 Å². The number of aliphatic hydroxyl groups excluding tert-OH is 2. The normalized spacial score (nSPS) is 19.3. The molecule has 0 aliphatic heterocycles. The van der Waals surface area contributed by atoms with Crippen molar-refractivity contribution in [1.29, 1.82) is 0 Å². The van der Waals surface area contributed by atoms with Gasteiger partial charge in [0.05, 0.1) is 34.9 Å². The van der Waals surface area contributed by atoms with Crippen molar-refractivity contribution in [1.82, 2.24) is 20.6 Å². The lowest BCUT2D eigenvalue weighted by atomic mass is 9.82. The first-order chi connectivity index (χ1) is 22.8. The molecule has 2 amide bonds. The molecule has 2 saturated carbocycles. The fraction of sp³-hybridized carbons (Fsp3) is 0.595. The molecular formula is C37H52N4O6S. The maximum atomic E-state index is 14.2. The lowest BCUT2D eigenvalue weighted by Gasteiger charge is -2.33. The van der Waals surface area contributed by atoms with Gasteiger partial charge in [0.25, 0.3) is 0 Å². The zero-order valence-corrected chi connectivity index (χ0v) is 29.2. The highest BCUT2D eigenvalue weighted by Gasteiger charge is 2.41. The smallest absolute Gasteiger partial charge is 0.243 e. The van der Waals surface area contributed by atoms with Gasteiger partial charge in [-0.25, -0.2) is 13.4 Å². The number of carbonyl (C=O) groups excluding carboxylic acids is 2. The number of carbonyl (C=O) groups is 2. The van der Waals surface area contributed by atoms with E-state index in [9.17, 15) is 28.2 Å². The molecule has 1 unspecified atom stereocenters. The van der Waals surface area contributed by atoms with Gasteiger partial charge in [-0.05, 0) is 74.6 Å². The van der Waals surface area contributed by atoms with Gasteiger partial charge in [-0.2, -0.15) is 0 Å². The summed E-state index contributed by atoms with van der Waals surface area (Å²) in [4.78, 5) is 35.4. The molecule has 1 heterocycles. The van der Waals surface area contributed by atoms with Gasteiger partial charge in [-0.3, -0.25) is 9.59 Å². The van der Waals surface area contributed by atoms with Crippen molar-refractivity contribution < 1.29 is 28.2 Å². The first-order valence-corrected chi connectivity index (χ1v) is 19.1. The zero-order chi connectivity index (χ0) is 34.5. The molecule has 0 radical (unpaired) electrons. The lowest BCUT2D eigenvalue weighted by Crippen LogP contribution is -2.57. The van der Waals surface area contributed by atoms with Crippen LogP contribution in [0.5, 0.6) is 0 Å². The van der Waals surface area contributed by atoms with E-state index in [4.69, 9.17) is 0 Å². The van der Waals surface area contributed by atoms with Gasteiger partial charge in [0, 0.05) is 18.3 Å². The Labute approximate surface area is 284 Å². The Morgan fingerprint density at radius 1 is 0.938 bits per heavy atom. The monoisotopic (exact) mass is 680 g/mol. The van der Waals surface area contributed by atoms with Crippen molar-refractivity contribution in [2.75, 3.05) is 5.75 Å². The van der Waals surface area contributed by atoms with Crippen molar-refractivity contribution in [2.45, 2.75) is 114 Å². The molecule has 262 valence electrons. The molecule has 0 bridgehead atoms. The van der Waals surface area contributed by atoms with Gasteiger partial charge in [0.15, 0.2) is 9.84 Å². The van der Waals surface area contributed by atoms with Crippen LogP contribution in [0.4, 0.5) is 0 Å². The standard InChI is InChI=1S/C37H52N4O6S/c1-37(2,3)48(46,47)22-28(19-27-14-9-13-25-12-7-8-15-30(25)27)35(44)41-32(20-29-21-38-23-39-29)36(45)40-31(18-24-10-5-4-6-11-24)34(43)33(42)26-16-17-26/h7-9,12-15,21,23-24,26,28,31-34,42-43H,4-6,10-11,16-20,22H2,1-3H3,(H,38,39)(H,40,45)(H,41,44)/t28?,31-,32-,33-,34+/m0/s1. The highest BCUT2D eigenvalue weighted by molar-refractivity contribution is 7.92. The topological polar surface area (TPSA) is 161 Å². The number of hydrogen-bond donors (Lipinski definition) is 5. The van der Waals surface area contributed by atoms with Gasteiger partial charge < -0.3 is 25.8 Å². The molecule has 0 saturated heterocycles. The van der Waals surface area contributed by atoms with E-state index < -0.39 is 56.6 Å². The minimum Gasteiger partial charge on any atom is -0.390 e. The van der Waals surface area contributed by atoms with Crippen molar-refractivity contribution in [2.24, 2.45) is 17.8 Å². The average Bonchev–Trinajstić information content (AvgIpc) is 3.78. The summed E-state index contributed by atoms with van der Waals surface area (Å²) in [5, 5.41) is 30.0. The summed E-state index contributed by atoms with van der Waals surface area (Å²) in [5.41, 5.74) is 1.46. The fourth-order valence-corrected chi connectivity index (χ4v) is 8.20. The Hall–Kier alpha value is -3.28. The number of fused-ring (bicyclic) bond motifs is 1. The van der Waals surface area contributed by atoms with E-state index in [1.54, 1.807) is 27.0 Å². The molecule has 10 nitrogen and oxygen atoms in total. The number of aliphatic hydroxyl groups is 2. The Morgan fingerprint density at radius 2 is 1.65 bits per heavy atom. The van der Waals surface area contributed by atoms with Gasteiger partial charge in [-0.15, -0.1) is 0 Å². The highest BCUT2D eigenvalue weighted by Crippen LogP contribution is 2.36. The second-order valence-electron chi connectivity index (χ2n) is 14.9. The Morgan fingerprint density at radius 3 is 2.31 bits per heavy atom. The molecule has 0 spiro atoms. The number of aromatic amines is 1. The van der Waals surface area contributed by atoms with E-state index in [1.807, 2.05) is 42.5 Å². The maximum Gasteiger partial charge on any atom is 0.243 e. The molecule has 2 aromatic carbocycles. The quantitative estimate of drug-likeness (QED) is 0.160. The van der Waals surface area contributed by atoms with E-state index >= 15 is 0 Å². The van der Waals surface area contributed by atoms with E-state index in [2.05, 4.69) is 20.6 Å². The Balaban J connectivity index is 1.41. The number of rotatable bonds is 15. The number of aromatic nitrogens is 2. The summed E-state index contributed by atoms with van der Waals surface area (Å²) in [6, 6.07) is 11.8. The number of hydrogen-bond acceptors (Lipinski definition) is 7. The average molecular weight is 681 g/mol. The molecular weight excluding hydrogens is 628 g/mol. The molecule has 5 rings (SSSR count). The SMILES string of the molecule is CC(C)(C)S(=O)(=O)CC(Cc1cccc2ccccc12)C(=O)N[C@@H](Cc1cnc[nH]1)C(=O)N[C@@H](CC1CCCCC1)[C@@H](O)[C@@H](O)C1CC1. The van der Waals surface area contributed by atoms with Crippen LogP contribution in [0, 0.1) is 17.8 Å². The van der Waals surface area contributed by atoms with Gasteiger partial charge >= 0.3 is 0 Å². The molecule has 5 atom stereocenters. The molecule has 3 aromatic rings. The van der Waals surface area contributed by atoms with Crippen molar-refractivity contribution in [3.8, 4) is 0 Å². The molecule has 48 heavy (non-hydrogen) atoms. The largest absolute Gasteiger partial charge is 0.390 e. The molecule has 1 aromatic heterocycles. The summed E-state index contributed by atoms with van der Waals surface area (Å²) in [7, 11) is -3.72. The van der Waals surface area contributed by atoms with Crippen LogP contribution in [0.1, 0.15) is 83.4 Å². The summed E-state index contributed by atoms with van der Waals surface area (Å²) in [5.74, 6) is -2.07. The fourth-order valence-electron chi connectivity index (χ4n) is 6.90. The van der Waals surface area contributed by atoms with Gasteiger partial charge in [0.1, 0.15) is 12.1 Å². The number of nitrogens with zero attached hydrogens (tertiary/aromatic N) is 1. The van der Waals surface area contributed by atoms with Crippen LogP contribution >= 0.6 is 0 Å². The number of imidazole rings is 1.